The van der Waals surface area contributed by atoms with Crippen molar-refractivity contribution in [1.29, 1.82) is 0 Å². The fourth-order valence-corrected chi connectivity index (χ4v) is 1.77. The molecular formula is C14H19N3O. The van der Waals surface area contributed by atoms with Gasteiger partial charge in [0, 0.05) is 23.7 Å². The largest absolute Gasteiger partial charge is 0.497 e. The number of hydrogen-bond donors (Lipinski definition) is 2. The van der Waals surface area contributed by atoms with E-state index in [-0.39, 0.29) is 0 Å². The Hall–Kier alpha value is -1.81. The van der Waals surface area contributed by atoms with Crippen LogP contribution in [0.15, 0.2) is 30.5 Å². The second-order valence-corrected chi connectivity index (χ2v) is 4.53. The van der Waals surface area contributed by atoms with Crippen LogP contribution in [0.5, 0.6) is 5.75 Å². The molecule has 1 heterocycles. The summed E-state index contributed by atoms with van der Waals surface area (Å²) in [6.45, 7) is 5.08. The van der Waals surface area contributed by atoms with Crippen LogP contribution in [0.4, 0.5) is 0 Å². The Morgan fingerprint density at radius 1 is 1.28 bits per heavy atom. The highest BCUT2D eigenvalue weighted by molar-refractivity contribution is 5.63. The normalized spacial score (nSPS) is 10.9. The second kappa shape index (κ2) is 5.69. The predicted octanol–water partition coefficient (Wildman–Crippen LogP) is 2.58. The number of aromatic amines is 1. The van der Waals surface area contributed by atoms with E-state index >= 15 is 0 Å². The molecule has 2 N–H and O–H groups in total. The van der Waals surface area contributed by atoms with Gasteiger partial charge in [0.05, 0.1) is 19.0 Å². The van der Waals surface area contributed by atoms with E-state index in [4.69, 9.17) is 4.74 Å². The van der Waals surface area contributed by atoms with Crippen LogP contribution in [0.25, 0.3) is 11.3 Å². The van der Waals surface area contributed by atoms with Crippen LogP contribution in [0, 0.1) is 0 Å². The maximum absolute atomic E-state index is 5.16. The number of methoxy groups -OCH3 is 1. The van der Waals surface area contributed by atoms with Crippen molar-refractivity contribution in [1.82, 2.24) is 15.5 Å². The summed E-state index contributed by atoms with van der Waals surface area (Å²) in [5.74, 6) is 0.861. The van der Waals surface area contributed by atoms with Gasteiger partial charge in [0.1, 0.15) is 5.75 Å². The molecule has 1 aromatic carbocycles. The minimum atomic E-state index is 0.462. The van der Waals surface area contributed by atoms with Crippen molar-refractivity contribution in [3.05, 3.63) is 36.0 Å². The molecule has 96 valence electrons. The highest BCUT2D eigenvalue weighted by Gasteiger charge is 2.08. The Morgan fingerprint density at radius 2 is 2.00 bits per heavy atom. The average Bonchev–Trinajstić information content (AvgIpc) is 2.85. The molecule has 0 saturated carbocycles. The van der Waals surface area contributed by atoms with Crippen LogP contribution < -0.4 is 10.1 Å². The molecule has 0 fully saturated rings. The Kier molecular flexibility index (Phi) is 3.99. The lowest BCUT2D eigenvalue weighted by molar-refractivity contribution is 0.415. The van der Waals surface area contributed by atoms with Gasteiger partial charge >= 0.3 is 0 Å². The zero-order chi connectivity index (χ0) is 13.0. The van der Waals surface area contributed by atoms with Gasteiger partial charge in [-0.3, -0.25) is 5.10 Å². The van der Waals surface area contributed by atoms with E-state index in [2.05, 4.69) is 29.4 Å². The molecular weight excluding hydrogens is 226 g/mol. The Morgan fingerprint density at radius 3 is 2.61 bits per heavy atom. The number of benzene rings is 1. The van der Waals surface area contributed by atoms with E-state index in [0.717, 1.165) is 23.6 Å². The molecule has 0 bridgehead atoms. The number of rotatable bonds is 5. The van der Waals surface area contributed by atoms with Crippen LogP contribution in [0.2, 0.25) is 0 Å². The SMILES string of the molecule is COc1ccc(-c2[nH]ncc2CNC(C)C)cc1. The predicted molar refractivity (Wildman–Crippen MR) is 72.6 cm³/mol. The minimum Gasteiger partial charge on any atom is -0.497 e. The first-order valence-electron chi connectivity index (χ1n) is 6.10. The maximum atomic E-state index is 5.16. The lowest BCUT2D eigenvalue weighted by Gasteiger charge is -2.08. The third kappa shape index (κ3) is 2.90. The number of nitrogens with one attached hydrogen (secondary N) is 2. The van der Waals surface area contributed by atoms with E-state index in [1.165, 1.54) is 5.56 Å². The molecule has 18 heavy (non-hydrogen) atoms. The first-order valence-corrected chi connectivity index (χ1v) is 6.10. The van der Waals surface area contributed by atoms with E-state index < -0.39 is 0 Å². The van der Waals surface area contributed by atoms with Gasteiger partial charge in [0.25, 0.3) is 0 Å². The van der Waals surface area contributed by atoms with Crippen molar-refractivity contribution in [2.75, 3.05) is 7.11 Å². The number of H-pyrrole nitrogens is 1. The van der Waals surface area contributed by atoms with Gasteiger partial charge in [-0.15, -0.1) is 0 Å². The first-order chi connectivity index (χ1) is 8.70. The molecule has 0 saturated heterocycles. The summed E-state index contributed by atoms with van der Waals surface area (Å²) in [4.78, 5) is 0. The monoisotopic (exact) mass is 245 g/mol. The van der Waals surface area contributed by atoms with Crippen molar-refractivity contribution in [2.24, 2.45) is 0 Å². The van der Waals surface area contributed by atoms with Gasteiger partial charge in [-0.1, -0.05) is 13.8 Å². The second-order valence-electron chi connectivity index (χ2n) is 4.53. The smallest absolute Gasteiger partial charge is 0.118 e. The number of aromatic nitrogens is 2. The zero-order valence-corrected chi connectivity index (χ0v) is 11.0. The van der Waals surface area contributed by atoms with E-state index in [1.54, 1.807) is 7.11 Å². The third-order valence-corrected chi connectivity index (χ3v) is 2.80. The van der Waals surface area contributed by atoms with Gasteiger partial charge in [-0.25, -0.2) is 0 Å². The molecule has 0 atom stereocenters. The Bertz CT molecular complexity index is 488. The van der Waals surface area contributed by atoms with Crippen LogP contribution >= 0.6 is 0 Å². The summed E-state index contributed by atoms with van der Waals surface area (Å²) in [5, 5.41) is 10.6. The van der Waals surface area contributed by atoms with Gasteiger partial charge < -0.3 is 10.1 Å². The fraction of sp³-hybridized carbons (Fsp3) is 0.357. The molecule has 2 aromatic rings. The molecule has 2 rings (SSSR count). The standard InChI is InChI=1S/C14H19N3O/c1-10(2)15-8-12-9-16-17-14(12)11-4-6-13(18-3)7-5-11/h4-7,9-10,15H,8H2,1-3H3,(H,16,17). The maximum Gasteiger partial charge on any atom is 0.118 e. The Labute approximate surface area is 107 Å². The molecule has 0 radical (unpaired) electrons. The highest BCUT2D eigenvalue weighted by atomic mass is 16.5. The lowest BCUT2D eigenvalue weighted by atomic mass is 10.1. The van der Waals surface area contributed by atoms with Crippen LogP contribution in [-0.2, 0) is 6.54 Å². The van der Waals surface area contributed by atoms with Crippen LogP contribution in [-0.4, -0.2) is 23.3 Å². The summed E-state index contributed by atoms with van der Waals surface area (Å²) in [5.41, 5.74) is 3.36. The molecule has 0 aliphatic rings. The fourth-order valence-electron chi connectivity index (χ4n) is 1.77. The summed E-state index contributed by atoms with van der Waals surface area (Å²) < 4.78 is 5.16. The molecule has 4 heteroatoms. The summed E-state index contributed by atoms with van der Waals surface area (Å²) in [6, 6.07) is 8.44. The Balaban J connectivity index is 2.19. The minimum absolute atomic E-state index is 0.462. The van der Waals surface area contributed by atoms with Crippen molar-refractivity contribution in [2.45, 2.75) is 26.4 Å². The molecule has 0 unspecified atom stereocenters. The van der Waals surface area contributed by atoms with Crippen molar-refractivity contribution in [3.63, 3.8) is 0 Å². The molecule has 0 aliphatic carbocycles. The summed E-state index contributed by atoms with van der Waals surface area (Å²) >= 11 is 0. The van der Waals surface area contributed by atoms with Gasteiger partial charge in [0.2, 0.25) is 0 Å². The average molecular weight is 245 g/mol. The molecule has 0 spiro atoms. The van der Waals surface area contributed by atoms with Crippen LogP contribution in [0.3, 0.4) is 0 Å². The topological polar surface area (TPSA) is 49.9 Å². The molecule has 0 aliphatic heterocycles. The lowest BCUT2D eigenvalue weighted by Crippen LogP contribution is -2.21. The van der Waals surface area contributed by atoms with Crippen molar-refractivity contribution >= 4 is 0 Å². The number of ether oxygens (including phenoxy) is 1. The first kappa shape index (κ1) is 12.6. The molecule has 1 aromatic heterocycles. The van der Waals surface area contributed by atoms with Crippen LogP contribution in [0.1, 0.15) is 19.4 Å². The van der Waals surface area contributed by atoms with E-state index in [9.17, 15) is 0 Å². The number of hydrogen-bond acceptors (Lipinski definition) is 3. The van der Waals surface area contributed by atoms with Crippen molar-refractivity contribution in [3.8, 4) is 17.0 Å². The van der Waals surface area contributed by atoms with Gasteiger partial charge in [0.15, 0.2) is 0 Å². The van der Waals surface area contributed by atoms with E-state index in [1.807, 2.05) is 30.5 Å². The molecule has 4 nitrogen and oxygen atoms in total. The number of nitrogens with zero attached hydrogens (tertiary/aromatic N) is 1. The van der Waals surface area contributed by atoms with Gasteiger partial charge in [-0.2, -0.15) is 5.10 Å². The summed E-state index contributed by atoms with van der Waals surface area (Å²) in [7, 11) is 1.67. The molecule has 0 amide bonds. The highest BCUT2D eigenvalue weighted by Crippen LogP contribution is 2.23. The van der Waals surface area contributed by atoms with Crippen molar-refractivity contribution < 1.29 is 4.74 Å². The van der Waals surface area contributed by atoms with Gasteiger partial charge in [-0.05, 0) is 24.3 Å². The quantitative estimate of drug-likeness (QED) is 0.851. The summed E-state index contributed by atoms with van der Waals surface area (Å²) in [6.07, 6.45) is 1.87. The third-order valence-electron chi connectivity index (χ3n) is 2.80. The van der Waals surface area contributed by atoms with E-state index in [0.29, 0.717) is 6.04 Å². The zero-order valence-electron chi connectivity index (χ0n) is 11.0.